The van der Waals surface area contributed by atoms with Crippen molar-refractivity contribution >= 4 is 12.0 Å². The van der Waals surface area contributed by atoms with Crippen molar-refractivity contribution in [1.82, 2.24) is 10.6 Å². The Morgan fingerprint density at radius 3 is 2.40 bits per heavy atom. The van der Waals surface area contributed by atoms with Crippen molar-refractivity contribution in [3.63, 3.8) is 0 Å². The third-order valence-corrected chi connectivity index (χ3v) is 4.61. The number of nitrogens with one attached hydrogen (secondary N) is 2. The second-order valence-electron chi connectivity index (χ2n) is 6.33. The van der Waals surface area contributed by atoms with Gasteiger partial charge in [-0.05, 0) is 31.6 Å². The molecule has 0 aromatic heterocycles. The third-order valence-electron chi connectivity index (χ3n) is 4.61. The summed E-state index contributed by atoms with van der Waals surface area (Å²) >= 11 is 0. The van der Waals surface area contributed by atoms with E-state index in [9.17, 15) is 14.7 Å². The number of amides is 2. The van der Waals surface area contributed by atoms with Gasteiger partial charge in [-0.15, -0.1) is 0 Å². The Labute approximate surface area is 120 Å². The maximum atomic E-state index is 12.1. The molecule has 0 aromatic rings. The molecule has 2 fully saturated rings. The second-order valence-corrected chi connectivity index (χ2v) is 6.33. The number of rotatable bonds is 6. The third kappa shape index (κ3) is 3.87. The van der Waals surface area contributed by atoms with Gasteiger partial charge < -0.3 is 15.7 Å². The SMILES string of the molecule is CCC(CC1CC1)NC(=O)NC1(C(=O)O)CCCCC1. The molecule has 0 heterocycles. The summed E-state index contributed by atoms with van der Waals surface area (Å²) in [4.78, 5) is 23.6. The van der Waals surface area contributed by atoms with Crippen LogP contribution in [0.4, 0.5) is 4.79 Å². The molecule has 2 rings (SSSR count). The average Bonchev–Trinajstić information content (AvgIpc) is 3.22. The summed E-state index contributed by atoms with van der Waals surface area (Å²) in [7, 11) is 0. The minimum Gasteiger partial charge on any atom is -0.480 e. The molecule has 0 radical (unpaired) electrons. The van der Waals surface area contributed by atoms with E-state index in [2.05, 4.69) is 17.6 Å². The van der Waals surface area contributed by atoms with Crippen molar-refractivity contribution in [2.45, 2.75) is 76.3 Å². The van der Waals surface area contributed by atoms with Crippen LogP contribution in [0.3, 0.4) is 0 Å². The van der Waals surface area contributed by atoms with Gasteiger partial charge in [-0.2, -0.15) is 0 Å². The van der Waals surface area contributed by atoms with E-state index in [1.165, 1.54) is 12.8 Å². The van der Waals surface area contributed by atoms with E-state index in [0.717, 1.165) is 38.0 Å². The lowest BCUT2D eigenvalue weighted by Gasteiger charge is -2.34. The van der Waals surface area contributed by atoms with Crippen LogP contribution in [-0.4, -0.2) is 28.7 Å². The molecule has 1 atom stereocenters. The van der Waals surface area contributed by atoms with Crippen LogP contribution in [0.15, 0.2) is 0 Å². The predicted octanol–water partition coefficient (Wildman–Crippen LogP) is 2.65. The van der Waals surface area contributed by atoms with Gasteiger partial charge in [-0.3, -0.25) is 0 Å². The lowest BCUT2D eigenvalue weighted by molar-refractivity contribution is -0.145. The normalized spacial score (nSPS) is 22.9. The molecular weight excluding hydrogens is 256 g/mol. The Morgan fingerprint density at radius 1 is 1.25 bits per heavy atom. The highest BCUT2D eigenvalue weighted by molar-refractivity contribution is 5.86. The van der Waals surface area contributed by atoms with Crippen molar-refractivity contribution in [3.05, 3.63) is 0 Å². The van der Waals surface area contributed by atoms with Gasteiger partial charge in [0.15, 0.2) is 0 Å². The topological polar surface area (TPSA) is 78.4 Å². The molecule has 5 nitrogen and oxygen atoms in total. The molecule has 2 aliphatic rings. The van der Waals surface area contributed by atoms with Crippen LogP contribution >= 0.6 is 0 Å². The Kier molecular flexibility index (Phi) is 4.89. The van der Waals surface area contributed by atoms with Crippen molar-refractivity contribution < 1.29 is 14.7 Å². The first-order valence-electron chi connectivity index (χ1n) is 7.88. The van der Waals surface area contributed by atoms with E-state index < -0.39 is 11.5 Å². The fourth-order valence-electron chi connectivity index (χ4n) is 3.07. The van der Waals surface area contributed by atoms with Crippen molar-refractivity contribution in [2.75, 3.05) is 0 Å². The monoisotopic (exact) mass is 282 g/mol. The number of carboxylic acid groups (broad SMARTS) is 1. The first kappa shape index (κ1) is 15.1. The van der Waals surface area contributed by atoms with E-state index in [0.29, 0.717) is 12.8 Å². The van der Waals surface area contributed by atoms with Crippen molar-refractivity contribution in [2.24, 2.45) is 5.92 Å². The lowest BCUT2D eigenvalue weighted by atomic mass is 9.82. The number of carbonyl (C=O) groups excluding carboxylic acids is 1. The Balaban J connectivity index is 1.88. The molecule has 2 amide bonds. The van der Waals surface area contributed by atoms with Crippen molar-refractivity contribution in [1.29, 1.82) is 0 Å². The van der Waals surface area contributed by atoms with Gasteiger partial charge in [0.1, 0.15) is 5.54 Å². The minimum absolute atomic E-state index is 0.164. The second kappa shape index (κ2) is 6.46. The molecule has 114 valence electrons. The maximum absolute atomic E-state index is 12.1. The fourth-order valence-corrected chi connectivity index (χ4v) is 3.07. The van der Waals surface area contributed by atoms with E-state index >= 15 is 0 Å². The number of aliphatic carboxylic acids is 1. The average molecular weight is 282 g/mol. The van der Waals surface area contributed by atoms with E-state index in [-0.39, 0.29) is 12.1 Å². The van der Waals surface area contributed by atoms with E-state index in [1.54, 1.807) is 0 Å². The molecule has 0 bridgehead atoms. The summed E-state index contributed by atoms with van der Waals surface area (Å²) in [5.74, 6) is -0.147. The van der Waals surface area contributed by atoms with Crippen LogP contribution in [0.5, 0.6) is 0 Å². The molecule has 0 aromatic carbocycles. The first-order valence-corrected chi connectivity index (χ1v) is 7.88. The highest BCUT2D eigenvalue weighted by Gasteiger charge is 2.41. The summed E-state index contributed by atoms with van der Waals surface area (Å²) in [5.41, 5.74) is -1.06. The lowest BCUT2D eigenvalue weighted by Crippen LogP contribution is -2.59. The minimum atomic E-state index is -1.06. The van der Waals surface area contributed by atoms with E-state index in [1.807, 2.05) is 0 Å². The molecule has 1 unspecified atom stereocenters. The van der Waals surface area contributed by atoms with E-state index in [4.69, 9.17) is 0 Å². The molecule has 2 aliphatic carbocycles. The Hall–Kier alpha value is -1.26. The highest BCUT2D eigenvalue weighted by Crippen LogP contribution is 2.34. The smallest absolute Gasteiger partial charge is 0.329 e. The first-order chi connectivity index (χ1) is 9.55. The van der Waals surface area contributed by atoms with Crippen LogP contribution in [0.2, 0.25) is 0 Å². The molecule has 5 heteroatoms. The van der Waals surface area contributed by atoms with Gasteiger partial charge in [0.2, 0.25) is 0 Å². The number of hydrogen-bond acceptors (Lipinski definition) is 2. The van der Waals surface area contributed by atoms with Gasteiger partial charge in [-0.1, -0.05) is 39.0 Å². The zero-order valence-corrected chi connectivity index (χ0v) is 12.3. The standard InChI is InChI=1S/C15H26N2O3/c1-2-12(10-11-6-7-11)16-14(20)17-15(13(18)19)8-4-3-5-9-15/h11-12H,2-10H2,1H3,(H,18,19)(H2,16,17,20). The molecular formula is C15H26N2O3. The van der Waals surface area contributed by atoms with Crippen LogP contribution in [0.25, 0.3) is 0 Å². The van der Waals surface area contributed by atoms with Gasteiger partial charge in [0.25, 0.3) is 0 Å². The number of hydrogen-bond donors (Lipinski definition) is 3. The summed E-state index contributed by atoms with van der Waals surface area (Å²) in [6.07, 6.45) is 8.30. The predicted molar refractivity (Wildman–Crippen MR) is 76.5 cm³/mol. The summed E-state index contributed by atoms with van der Waals surface area (Å²) < 4.78 is 0. The number of carboxylic acids is 1. The maximum Gasteiger partial charge on any atom is 0.329 e. The van der Waals surface area contributed by atoms with Crippen molar-refractivity contribution in [3.8, 4) is 0 Å². The molecule has 0 aliphatic heterocycles. The summed E-state index contributed by atoms with van der Waals surface area (Å²) in [5, 5.41) is 15.1. The van der Waals surface area contributed by atoms with Gasteiger partial charge in [0, 0.05) is 6.04 Å². The zero-order valence-electron chi connectivity index (χ0n) is 12.3. The fraction of sp³-hybridized carbons (Fsp3) is 0.867. The van der Waals surface area contributed by atoms with Gasteiger partial charge >= 0.3 is 12.0 Å². The zero-order chi connectivity index (χ0) is 14.6. The Morgan fingerprint density at radius 2 is 1.90 bits per heavy atom. The highest BCUT2D eigenvalue weighted by atomic mass is 16.4. The molecule has 0 spiro atoms. The molecule has 0 saturated heterocycles. The largest absolute Gasteiger partial charge is 0.480 e. The summed E-state index contributed by atoms with van der Waals surface area (Å²) in [6, 6.07) is -0.154. The van der Waals surface area contributed by atoms with Crippen LogP contribution in [0, 0.1) is 5.92 Å². The number of urea groups is 1. The molecule has 2 saturated carbocycles. The Bertz CT molecular complexity index is 360. The van der Waals surface area contributed by atoms with Crippen LogP contribution < -0.4 is 10.6 Å². The summed E-state index contributed by atoms with van der Waals surface area (Å²) in [6.45, 7) is 2.06. The van der Waals surface area contributed by atoms with Gasteiger partial charge in [-0.25, -0.2) is 9.59 Å². The van der Waals surface area contributed by atoms with Crippen LogP contribution in [0.1, 0.15) is 64.7 Å². The quantitative estimate of drug-likeness (QED) is 0.700. The molecule has 20 heavy (non-hydrogen) atoms. The molecule has 3 N–H and O–H groups in total. The van der Waals surface area contributed by atoms with Gasteiger partial charge in [0.05, 0.1) is 0 Å². The number of carbonyl (C=O) groups is 2. The van der Waals surface area contributed by atoms with Crippen LogP contribution in [-0.2, 0) is 4.79 Å².